The number of nitrogens with one attached hydrogen (secondary N) is 1. The van der Waals surface area contributed by atoms with Crippen LogP contribution in [0.15, 0.2) is 46.8 Å². The summed E-state index contributed by atoms with van der Waals surface area (Å²) in [7, 11) is 0. The van der Waals surface area contributed by atoms with Crippen LogP contribution in [-0.4, -0.2) is 35.0 Å². The van der Waals surface area contributed by atoms with Crippen LogP contribution in [0.25, 0.3) is 0 Å². The lowest BCUT2D eigenvalue weighted by atomic mass is 9.89. The molecule has 136 valence electrons. The van der Waals surface area contributed by atoms with Crippen molar-refractivity contribution in [2.45, 2.75) is 57.8 Å². The third-order valence-electron chi connectivity index (χ3n) is 6.39. The van der Waals surface area contributed by atoms with Crippen molar-refractivity contribution in [3.8, 4) is 0 Å². The first-order chi connectivity index (χ1) is 12.5. The Labute approximate surface area is 153 Å². The molecule has 2 amide bonds. The fourth-order valence-electron chi connectivity index (χ4n) is 4.79. The lowest BCUT2D eigenvalue weighted by Gasteiger charge is -2.24. The lowest BCUT2D eigenvalue weighted by molar-refractivity contribution is -0.132. The molecule has 0 radical (unpaired) electrons. The predicted molar refractivity (Wildman–Crippen MR) is 96.6 cm³/mol. The summed E-state index contributed by atoms with van der Waals surface area (Å²) in [6.45, 7) is 4.09. The van der Waals surface area contributed by atoms with Crippen LogP contribution in [0.4, 0.5) is 0 Å². The third-order valence-corrected chi connectivity index (χ3v) is 6.39. The average Bonchev–Trinajstić information content (AvgIpc) is 3.23. The molecule has 1 N–H and O–H groups in total. The minimum atomic E-state index is -0.378. The molecule has 1 saturated heterocycles. The number of carbonyl (C=O) groups is 2. The van der Waals surface area contributed by atoms with Gasteiger partial charge in [0.25, 0.3) is 11.8 Å². The second-order valence-corrected chi connectivity index (χ2v) is 8.17. The maximum Gasteiger partial charge on any atom is 0.252 e. The first kappa shape index (κ1) is 15.9. The van der Waals surface area contributed by atoms with Gasteiger partial charge in [-0.15, -0.1) is 0 Å². The van der Waals surface area contributed by atoms with Gasteiger partial charge in [0.15, 0.2) is 6.23 Å². The van der Waals surface area contributed by atoms with Crippen molar-refractivity contribution in [3.63, 3.8) is 0 Å². The number of nitrogens with zero attached hydrogens (tertiary/aromatic N) is 1. The van der Waals surface area contributed by atoms with E-state index in [0.717, 1.165) is 31.3 Å². The van der Waals surface area contributed by atoms with Crippen LogP contribution < -0.4 is 5.32 Å². The van der Waals surface area contributed by atoms with Crippen LogP contribution in [0.2, 0.25) is 0 Å². The lowest BCUT2D eigenvalue weighted by Crippen LogP contribution is -2.37. The van der Waals surface area contributed by atoms with E-state index in [-0.39, 0.29) is 36.0 Å². The highest BCUT2D eigenvalue weighted by Gasteiger charge is 2.47. The van der Waals surface area contributed by atoms with Gasteiger partial charge >= 0.3 is 0 Å². The number of hydrogen-bond acceptors (Lipinski definition) is 3. The fraction of sp³-hybridized carbons (Fsp3) is 0.524. The number of rotatable bonds is 3. The molecule has 0 bridgehead atoms. The molecule has 3 aliphatic carbocycles. The fourth-order valence-corrected chi connectivity index (χ4v) is 4.79. The quantitative estimate of drug-likeness (QED) is 0.627. The van der Waals surface area contributed by atoms with Gasteiger partial charge in [-0.2, -0.15) is 0 Å². The molecule has 2 heterocycles. The van der Waals surface area contributed by atoms with Gasteiger partial charge in [0.2, 0.25) is 0 Å². The van der Waals surface area contributed by atoms with Crippen molar-refractivity contribution in [1.29, 1.82) is 0 Å². The highest BCUT2D eigenvalue weighted by atomic mass is 16.5. The molecule has 0 aromatic heterocycles. The van der Waals surface area contributed by atoms with Crippen molar-refractivity contribution in [3.05, 3.63) is 46.8 Å². The number of fused-ring (bicyclic) bond motifs is 2. The van der Waals surface area contributed by atoms with E-state index in [1.54, 1.807) is 6.26 Å². The molecule has 5 heteroatoms. The molecular weight excluding hydrogens is 328 g/mol. The molecular formula is C21H24N2O3. The van der Waals surface area contributed by atoms with Crippen LogP contribution in [-0.2, 0) is 14.3 Å². The Morgan fingerprint density at radius 3 is 2.88 bits per heavy atom. The van der Waals surface area contributed by atoms with Gasteiger partial charge in [0, 0.05) is 17.5 Å². The van der Waals surface area contributed by atoms with Crippen molar-refractivity contribution >= 4 is 11.8 Å². The van der Waals surface area contributed by atoms with Gasteiger partial charge in [-0.3, -0.25) is 14.5 Å². The largest absolute Gasteiger partial charge is 0.474 e. The van der Waals surface area contributed by atoms with Gasteiger partial charge in [0.1, 0.15) is 0 Å². The molecule has 0 aromatic carbocycles. The predicted octanol–water partition coefficient (Wildman–Crippen LogP) is 2.57. The zero-order valence-electron chi connectivity index (χ0n) is 15.2. The Balaban J connectivity index is 1.37. The second kappa shape index (κ2) is 5.60. The molecule has 4 atom stereocenters. The standard InChI is InChI=1S/C21H24N2O3/c1-11-4-3-5-14-15(11)9-16-17(20(24)22-19(14)16)10-26-18-8-12(2)21(25)23(18)13-6-7-13/h3,5,8,10-11,13,16,18-19H,4,6-7,9H2,1-2H3,(H,22,24)/b17-10+. The average molecular weight is 352 g/mol. The van der Waals surface area contributed by atoms with E-state index in [2.05, 4.69) is 24.4 Å². The topological polar surface area (TPSA) is 58.6 Å². The second-order valence-electron chi connectivity index (χ2n) is 8.17. The van der Waals surface area contributed by atoms with Crippen LogP contribution in [0.3, 0.4) is 0 Å². The van der Waals surface area contributed by atoms with Crippen LogP contribution in [0, 0.1) is 11.8 Å². The van der Waals surface area contributed by atoms with Gasteiger partial charge < -0.3 is 10.1 Å². The summed E-state index contributed by atoms with van der Waals surface area (Å²) in [6, 6.07) is 0.365. The summed E-state index contributed by atoms with van der Waals surface area (Å²) in [6.07, 6.45) is 11.6. The van der Waals surface area contributed by atoms with Gasteiger partial charge in [-0.25, -0.2) is 0 Å². The monoisotopic (exact) mass is 352 g/mol. The molecule has 5 rings (SSSR count). The molecule has 5 nitrogen and oxygen atoms in total. The summed E-state index contributed by atoms with van der Waals surface area (Å²) in [5.74, 6) is 0.708. The number of allylic oxidation sites excluding steroid dienone is 2. The van der Waals surface area contributed by atoms with E-state index in [4.69, 9.17) is 4.74 Å². The Kier molecular flexibility index (Phi) is 3.43. The van der Waals surface area contributed by atoms with Crippen molar-refractivity contribution < 1.29 is 14.3 Å². The minimum Gasteiger partial charge on any atom is -0.474 e. The first-order valence-corrected chi connectivity index (χ1v) is 9.61. The molecule has 26 heavy (non-hydrogen) atoms. The minimum absolute atomic E-state index is 0.0406. The third kappa shape index (κ3) is 2.29. The van der Waals surface area contributed by atoms with E-state index in [1.165, 1.54) is 11.1 Å². The van der Waals surface area contributed by atoms with E-state index in [0.29, 0.717) is 11.5 Å². The molecule has 0 spiro atoms. The molecule has 4 unspecified atom stereocenters. The number of ether oxygens (including phenoxy) is 1. The highest BCUT2D eigenvalue weighted by molar-refractivity contribution is 5.98. The number of amides is 2. The zero-order valence-corrected chi connectivity index (χ0v) is 15.2. The Hall–Kier alpha value is -2.30. The number of carbonyl (C=O) groups excluding carboxylic acids is 2. The molecule has 2 aliphatic heterocycles. The Morgan fingerprint density at radius 1 is 1.31 bits per heavy atom. The normalized spacial score (nSPS) is 37.2. The summed E-state index contributed by atoms with van der Waals surface area (Å²) in [4.78, 5) is 26.6. The smallest absolute Gasteiger partial charge is 0.252 e. The summed E-state index contributed by atoms with van der Waals surface area (Å²) < 4.78 is 5.97. The van der Waals surface area contributed by atoms with E-state index < -0.39 is 0 Å². The Bertz CT molecular complexity index is 815. The van der Waals surface area contributed by atoms with E-state index in [9.17, 15) is 9.59 Å². The molecule has 2 fully saturated rings. The molecule has 0 aromatic rings. The summed E-state index contributed by atoms with van der Waals surface area (Å²) >= 11 is 0. The van der Waals surface area contributed by atoms with Gasteiger partial charge in [-0.1, -0.05) is 24.6 Å². The first-order valence-electron chi connectivity index (χ1n) is 9.61. The zero-order chi connectivity index (χ0) is 18.0. The van der Waals surface area contributed by atoms with Crippen LogP contribution in [0.5, 0.6) is 0 Å². The van der Waals surface area contributed by atoms with Crippen LogP contribution in [0.1, 0.15) is 39.5 Å². The van der Waals surface area contributed by atoms with Gasteiger partial charge in [-0.05, 0) is 50.2 Å². The molecule has 5 aliphatic rings. The molecule has 1 saturated carbocycles. The Morgan fingerprint density at radius 2 is 2.12 bits per heavy atom. The maximum absolute atomic E-state index is 12.5. The van der Waals surface area contributed by atoms with Crippen LogP contribution >= 0.6 is 0 Å². The maximum atomic E-state index is 12.5. The SMILES string of the molecule is CC1=CC(O/C=C2/C(=O)NC3C4=C(CC23)C(C)CC=C4)N(C2CC2)C1=O. The van der Waals surface area contributed by atoms with Crippen molar-refractivity contribution in [2.24, 2.45) is 11.8 Å². The number of hydrogen-bond donors (Lipinski definition) is 1. The van der Waals surface area contributed by atoms with Gasteiger partial charge in [0.05, 0.1) is 17.9 Å². The summed E-state index contributed by atoms with van der Waals surface area (Å²) in [5.41, 5.74) is 4.20. The highest BCUT2D eigenvalue weighted by Crippen LogP contribution is 2.46. The van der Waals surface area contributed by atoms with E-state index >= 15 is 0 Å². The summed E-state index contributed by atoms with van der Waals surface area (Å²) in [5, 5.41) is 3.13. The van der Waals surface area contributed by atoms with E-state index in [1.807, 2.05) is 17.9 Å². The van der Waals surface area contributed by atoms with Crippen molar-refractivity contribution in [2.75, 3.05) is 0 Å². The van der Waals surface area contributed by atoms with Crippen molar-refractivity contribution in [1.82, 2.24) is 10.2 Å².